The van der Waals surface area contributed by atoms with Crippen molar-refractivity contribution in [3.8, 4) is 0 Å². The van der Waals surface area contributed by atoms with E-state index in [1.54, 1.807) is 6.07 Å². The van der Waals surface area contributed by atoms with Crippen LogP contribution in [0.3, 0.4) is 0 Å². The van der Waals surface area contributed by atoms with E-state index in [1.165, 1.54) is 12.8 Å². The van der Waals surface area contributed by atoms with Crippen molar-refractivity contribution < 1.29 is 8.42 Å². The number of hydrogen-bond acceptors (Lipinski definition) is 3. The Kier molecular flexibility index (Phi) is 4.62. The largest absolute Gasteiger partial charge is 0.312 e. The monoisotopic (exact) mass is 308 g/mol. The summed E-state index contributed by atoms with van der Waals surface area (Å²) < 4.78 is 28.5. The molecule has 1 aromatic rings. The van der Waals surface area contributed by atoms with Gasteiger partial charge in [-0.2, -0.15) is 0 Å². The van der Waals surface area contributed by atoms with Gasteiger partial charge in [0.25, 0.3) is 0 Å². The van der Waals surface area contributed by atoms with Crippen LogP contribution in [-0.4, -0.2) is 21.0 Å². The van der Waals surface area contributed by atoms with Crippen molar-refractivity contribution in [1.29, 1.82) is 0 Å². The Morgan fingerprint density at radius 2 is 1.86 bits per heavy atom. The van der Waals surface area contributed by atoms with E-state index in [2.05, 4.69) is 10.0 Å². The lowest BCUT2D eigenvalue weighted by Crippen LogP contribution is -2.36. The first kappa shape index (κ1) is 15.0. The van der Waals surface area contributed by atoms with E-state index in [9.17, 15) is 8.42 Å². The molecule has 4 nitrogen and oxygen atoms in total. The third kappa shape index (κ3) is 3.47. The molecule has 3 rings (SSSR count). The van der Waals surface area contributed by atoms with Gasteiger partial charge in [0.2, 0.25) is 10.0 Å². The first-order chi connectivity index (χ1) is 10.2. The van der Waals surface area contributed by atoms with Crippen molar-refractivity contribution >= 4 is 10.0 Å². The summed E-state index contributed by atoms with van der Waals surface area (Å²) in [7, 11) is -3.40. The van der Waals surface area contributed by atoms with E-state index in [4.69, 9.17) is 0 Å². The molecule has 0 aromatic heterocycles. The molecule has 0 saturated heterocycles. The van der Waals surface area contributed by atoms with Gasteiger partial charge < -0.3 is 5.32 Å². The first-order valence-corrected chi connectivity index (χ1v) is 9.49. The molecular weight excluding hydrogens is 284 g/mol. The number of fused-ring (bicyclic) bond motifs is 1. The van der Waals surface area contributed by atoms with Crippen LogP contribution < -0.4 is 10.0 Å². The Balaban J connectivity index is 1.84. The van der Waals surface area contributed by atoms with Crippen molar-refractivity contribution in [1.82, 2.24) is 10.0 Å². The normalized spacial score (nSPS) is 20.8. The summed E-state index contributed by atoms with van der Waals surface area (Å²) in [6, 6.07) is 5.73. The second-order valence-electron chi connectivity index (χ2n) is 6.13. The molecule has 0 spiro atoms. The molecule has 0 atom stereocenters. The number of hydrogen-bond donors (Lipinski definition) is 2. The first-order valence-electron chi connectivity index (χ1n) is 8.00. The third-order valence-corrected chi connectivity index (χ3v) is 6.17. The van der Waals surface area contributed by atoms with Crippen LogP contribution in [0, 0.1) is 0 Å². The van der Waals surface area contributed by atoms with E-state index in [-0.39, 0.29) is 6.04 Å². The summed E-state index contributed by atoms with van der Waals surface area (Å²) in [4.78, 5) is 0.491. The van der Waals surface area contributed by atoms with E-state index in [1.807, 2.05) is 12.1 Å². The minimum Gasteiger partial charge on any atom is -0.312 e. The van der Waals surface area contributed by atoms with Gasteiger partial charge in [0.15, 0.2) is 0 Å². The molecule has 2 aliphatic rings. The molecule has 1 heterocycles. The van der Waals surface area contributed by atoms with Gasteiger partial charge in [-0.3, -0.25) is 0 Å². The molecule has 1 saturated carbocycles. The van der Waals surface area contributed by atoms with Crippen LogP contribution >= 0.6 is 0 Å². The Morgan fingerprint density at radius 3 is 2.62 bits per heavy atom. The highest BCUT2D eigenvalue weighted by Crippen LogP contribution is 2.25. The fraction of sp³-hybridized carbons (Fsp3) is 0.625. The van der Waals surface area contributed by atoms with Crippen LogP contribution in [0.4, 0.5) is 0 Å². The van der Waals surface area contributed by atoms with Crippen molar-refractivity contribution in [3.63, 3.8) is 0 Å². The zero-order chi connectivity index (χ0) is 14.7. The molecule has 1 fully saturated rings. The summed E-state index contributed by atoms with van der Waals surface area (Å²) in [5.41, 5.74) is 2.11. The summed E-state index contributed by atoms with van der Waals surface area (Å²) in [5.74, 6) is 0. The van der Waals surface area contributed by atoms with E-state index in [0.29, 0.717) is 4.90 Å². The van der Waals surface area contributed by atoms with Gasteiger partial charge in [-0.15, -0.1) is 0 Å². The van der Waals surface area contributed by atoms with Gasteiger partial charge in [0.1, 0.15) is 0 Å². The number of sulfonamides is 1. The molecule has 1 aliphatic heterocycles. The smallest absolute Gasteiger partial charge is 0.241 e. The highest BCUT2D eigenvalue weighted by Gasteiger charge is 2.25. The Hall–Kier alpha value is -0.910. The predicted molar refractivity (Wildman–Crippen MR) is 83.7 cm³/mol. The average Bonchev–Trinajstić information content (AvgIpc) is 2.75. The fourth-order valence-electron chi connectivity index (χ4n) is 3.43. The van der Waals surface area contributed by atoms with Gasteiger partial charge >= 0.3 is 0 Å². The fourth-order valence-corrected chi connectivity index (χ4v) is 5.05. The summed E-state index contributed by atoms with van der Waals surface area (Å²) >= 11 is 0. The molecule has 0 amide bonds. The SMILES string of the molecule is O=S(=O)(NC1CCCCCC1)c1cccc2c1CCNC2. The summed E-state index contributed by atoms with van der Waals surface area (Å²) in [5, 5.41) is 3.29. The topological polar surface area (TPSA) is 58.2 Å². The van der Waals surface area contributed by atoms with Gasteiger partial charge in [0, 0.05) is 12.6 Å². The predicted octanol–water partition coefficient (Wildman–Crippen LogP) is 2.33. The van der Waals surface area contributed by atoms with Crippen molar-refractivity contribution in [3.05, 3.63) is 29.3 Å². The van der Waals surface area contributed by atoms with Crippen LogP contribution in [0.1, 0.15) is 49.7 Å². The van der Waals surface area contributed by atoms with Crippen molar-refractivity contribution in [2.45, 2.75) is 62.4 Å². The van der Waals surface area contributed by atoms with Crippen LogP contribution in [0.25, 0.3) is 0 Å². The molecule has 0 bridgehead atoms. The molecule has 0 unspecified atom stereocenters. The molecule has 1 aliphatic carbocycles. The number of benzene rings is 1. The van der Waals surface area contributed by atoms with Crippen LogP contribution in [0.15, 0.2) is 23.1 Å². The molecule has 1 aromatic carbocycles. The third-order valence-electron chi connectivity index (χ3n) is 4.56. The maximum absolute atomic E-state index is 12.8. The molecule has 116 valence electrons. The maximum atomic E-state index is 12.8. The van der Waals surface area contributed by atoms with Gasteiger partial charge in [-0.1, -0.05) is 37.8 Å². The molecule has 21 heavy (non-hydrogen) atoms. The molecule has 0 radical (unpaired) electrons. The molecular formula is C16H24N2O2S. The quantitative estimate of drug-likeness (QED) is 0.843. The minimum absolute atomic E-state index is 0.107. The van der Waals surface area contributed by atoms with E-state index in [0.717, 1.165) is 56.3 Å². The van der Waals surface area contributed by atoms with E-state index >= 15 is 0 Å². The number of rotatable bonds is 3. The van der Waals surface area contributed by atoms with Crippen molar-refractivity contribution in [2.75, 3.05) is 6.54 Å². The lowest BCUT2D eigenvalue weighted by molar-refractivity contribution is 0.508. The summed E-state index contributed by atoms with van der Waals surface area (Å²) in [6.07, 6.45) is 7.44. The lowest BCUT2D eigenvalue weighted by Gasteiger charge is -2.22. The molecule has 2 N–H and O–H groups in total. The van der Waals surface area contributed by atoms with Crippen LogP contribution in [-0.2, 0) is 23.0 Å². The Labute approximate surface area is 127 Å². The van der Waals surface area contributed by atoms with Crippen LogP contribution in [0.2, 0.25) is 0 Å². The van der Waals surface area contributed by atoms with E-state index < -0.39 is 10.0 Å². The second kappa shape index (κ2) is 6.46. The minimum atomic E-state index is -3.40. The van der Waals surface area contributed by atoms with Crippen LogP contribution in [0.5, 0.6) is 0 Å². The van der Waals surface area contributed by atoms with Gasteiger partial charge in [-0.25, -0.2) is 13.1 Å². The zero-order valence-electron chi connectivity index (χ0n) is 12.4. The average molecular weight is 308 g/mol. The van der Waals surface area contributed by atoms with Crippen molar-refractivity contribution in [2.24, 2.45) is 0 Å². The molecule has 5 heteroatoms. The summed E-state index contributed by atoms with van der Waals surface area (Å²) in [6.45, 7) is 1.62. The highest BCUT2D eigenvalue weighted by molar-refractivity contribution is 7.89. The zero-order valence-corrected chi connectivity index (χ0v) is 13.2. The standard InChI is InChI=1S/C16H24N2O2S/c19-21(20,18-14-7-3-1-2-4-8-14)16-9-5-6-13-12-17-11-10-15(13)16/h5-6,9,14,17-18H,1-4,7-8,10-12H2. The Bertz CT molecular complexity index is 590. The second-order valence-corrected chi connectivity index (χ2v) is 7.81. The number of nitrogens with one attached hydrogen (secondary N) is 2. The van der Waals surface area contributed by atoms with Gasteiger partial charge in [-0.05, 0) is 43.0 Å². The Morgan fingerprint density at radius 1 is 1.10 bits per heavy atom. The van der Waals surface area contributed by atoms with Gasteiger partial charge in [0.05, 0.1) is 4.90 Å². The highest BCUT2D eigenvalue weighted by atomic mass is 32.2. The lowest BCUT2D eigenvalue weighted by atomic mass is 10.0. The maximum Gasteiger partial charge on any atom is 0.241 e.